The summed E-state index contributed by atoms with van der Waals surface area (Å²) in [5, 5.41) is 3.28. The normalized spacial score (nSPS) is 20.8. The van der Waals surface area contributed by atoms with E-state index in [4.69, 9.17) is 9.47 Å². The SMILES string of the molecule is CCN(CCOC)C(=O)CC1COCCN1. The molecule has 0 aliphatic carbocycles. The second kappa shape index (κ2) is 7.60. The molecule has 1 amide bonds. The Kier molecular flexibility index (Phi) is 6.37. The number of nitrogens with one attached hydrogen (secondary N) is 1. The Hall–Kier alpha value is -0.650. The molecule has 94 valence electrons. The van der Waals surface area contributed by atoms with Crippen molar-refractivity contribution in [3.63, 3.8) is 0 Å². The average Bonchev–Trinajstić information content (AvgIpc) is 2.31. The Balaban J connectivity index is 2.29. The van der Waals surface area contributed by atoms with Gasteiger partial charge in [0.15, 0.2) is 0 Å². The van der Waals surface area contributed by atoms with E-state index >= 15 is 0 Å². The number of nitrogens with zero attached hydrogens (tertiary/aromatic N) is 1. The molecule has 0 aromatic heterocycles. The van der Waals surface area contributed by atoms with E-state index < -0.39 is 0 Å². The number of methoxy groups -OCH3 is 1. The lowest BCUT2D eigenvalue weighted by atomic mass is 10.2. The summed E-state index contributed by atoms with van der Waals surface area (Å²) in [4.78, 5) is 13.7. The van der Waals surface area contributed by atoms with Crippen molar-refractivity contribution in [3.05, 3.63) is 0 Å². The molecule has 0 bridgehead atoms. The topological polar surface area (TPSA) is 50.8 Å². The summed E-state index contributed by atoms with van der Waals surface area (Å²) >= 11 is 0. The van der Waals surface area contributed by atoms with Crippen LogP contribution < -0.4 is 5.32 Å². The number of morpholine rings is 1. The third-order valence-corrected chi connectivity index (χ3v) is 2.72. The Morgan fingerprint density at radius 2 is 2.44 bits per heavy atom. The number of rotatable bonds is 6. The van der Waals surface area contributed by atoms with Crippen LogP contribution in [0.2, 0.25) is 0 Å². The maximum atomic E-state index is 11.9. The predicted molar refractivity (Wildman–Crippen MR) is 61.4 cm³/mol. The Morgan fingerprint density at radius 3 is 3.00 bits per heavy atom. The Labute approximate surface area is 97.1 Å². The van der Waals surface area contributed by atoms with Gasteiger partial charge in [-0.2, -0.15) is 0 Å². The molecular formula is C11H22N2O3. The van der Waals surface area contributed by atoms with Gasteiger partial charge in [-0.15, -0.1) is 0 Å². The summed E-state index contributed by atoms with van der Waals surface area (Å²) in [5.74, 6) is 0.169. The van der Waals surface area contributed by atoms with Crippen LogP contribution in [-0.2, 0) is 14.3 Å². The lowest BCUT2D eigenvalue weighted by Gasteiger charge is -2.27. The van der Waals surface area contributed by atoms with E-state index in [1.165, 1.54) is 0 Å². The number of ether oxygens (including phenoxy) is 2. The van der Waals surface area contributed by atoms with E-state index in [9.17, 15) is 4.79 Å². The van der Waals surface area contributed by atoms with E-state index in [2.05, 4.69) is 5.32 Å². The minimum absolute atomic E-state index is 0.165. The van der Waals surface area contributed by atoms with Gasteiger partial charge in [-0.05, 0) is 6.92 Å². The predicted octanol–water partition coefficient (Wildman–Crippen LogP) is -0.140. The number of carbonyl (C=O) groups excluding carboxylic acids is 1. The van der Waals surface area contributed by atoms with Crippen LogP contribution in [0.25, 0.3) is 0 Å². The zero-order chi connectivity index (χ0) is 11.8. The van der Waals surface area contributed by atoms with Crippen molar-refractivity contribution in [1.29, 1.82) is 0 Å². The zero-order valence-electron chi connectivity index (χ0n) is 10.2. The minimum Gasteiger partial charge on any atom is -0.383 e. The molecule has 1 heterocycles. The smallest absolute Gasteiger partial charge is 0.224 e. The van der Waals surface area contributed by atoms with Gasteiger partial charge in [0.05, 0.1) is 19.8 Å². The van der Waals surface area contributed by atoms with E-state index in [-0.39, 0.29) is 11.9 Å². The van der Waals surface area contributed by atoms with Gasteiger partial charge >= 0.3 is 0 Å². The molecule has 0 aromatic rings. The van der Waals surface area contributed by atoms with Gasteiger partial charge in [-0.25, -0.2) is 0 Å². The third-order valence-electron chi connectivity index (χ3n) is 2.72. The molecule has 0 spiro atoms. The molecule has 1 rings (SSSR count). The second-order valence-corrected chi connectivity index (χ2v) is 3.90. The first-order valence-electron chi connectivity index (χ1n) is 5.85. The van der Waals surface area contributed by atoms with E-state index in [0.717, 1.165) is 19.7 Å². The molecule has 1 aliphatic heterocycles. The van der Waals surface area contributed by atoms with Crippen molar-refractivity contribution in [2.75, 3.05) is 46.6 Å². The second-order valence-electron chi connectivity index (χ2n) is 3.90. The van der Waals surface area contributed by atoms with Crippen molar-refractivity contribution >= 4 is 5.91 Å². The highest BCUT2D eigenvalue weighted by atomic mass is 16.5. The quantitative estimate of drug-likeness (QED) is 0.690. The Bertz CT molecular complexity index is 205. The molecule has 5 heteroatoms. The van der Waals surface area contributed by atoms with Crippen molar-refractivity contribution in [3.8, 4) is 0 Å². The van der Waals surface area contributed by atoms with Crippen LogP contribution in [0.5, 0.6) is 0 Å². The van der Waals surface area contributed by atoms with Crippen molar-refractivity contribution in [2.24, 2.45) is 0 Å². The fourth-order valence-corrected chi connectivity index (χ4v) is 1.75. The fourth-order valence-electron chi connectivity index (χ4n) is 1.75. The van der Waals surface area contributed by atoms with Gasteiger partial charge in [0.25, 0.3) is 0 Å². The number of likely N-dealkylation sites (N-methyl/N-ethyl adjacent to an activating group) is 1. The largest absolute Gasteiger partial charge is 0.383 e. The molecule has 1 saturated heterocycles. The Morgan fingerprint density at radius 1 is 1.62 bits per heavy atom. The van der Waals surface area contributed by atoms with Crippen LogP contribution in [0, 0.1) is 0 Å². The van der Waals surface area contributed by atoms with Gasteiger partial charge in [0.2, 0.25) is 5.91 Å². The summed E-state index contributed by atoms with van der Waals surface area (Å²) in [6.07, 6.45) is 0.511. The van der Waals surface area contributed by atoms with E-state index in [1.807, 2.05) is 11.8 Å². The maximum Gasteiger partial charge on any atom is 0.224 e. The van der Waals surface area contributed by atoms with E-state index in [1.54, 1.807) is 7.11 Å². The van der Waals surface area contributed by atoms with Crippen LogP contribution in [0.1, 0.15) is 13.3 Å². The minimum atomic E-state index is 0.165. The zero-order valence-corrected chi connectivity index (χ0v) is 10.2. The number of hydrogen-bond acceptors (Lipinski definition) is 4. The van der Waals surface area contributed by atoms with Crippen molar-refractivity contribution in [2.45, 2.75) is 19.4 Å². The summed E-state index contributed by atoms with van der Waals surface area (Å²) in [6.45, 7) is 6.18. The average molecular weight is 230 g/mol. The first-order valence-corrected chi connectivity index (χ1v) is 5.85. The molecule has 0 radical (unpaired) electrons. The van der Waals surface area contributed by atoms with E-state index in [0.29, 0.717) is 26.2 Å². The van der Waals surface area contributed by atoms with Crippen LogP contribution in [-0.4, -0.2) is 63.4 Å². The van der Waals surface area contributed by atoms with Crippen LogP contribution in [0.3, 0.4) is 0 Å². The maximum absolute atomic E-state index is 11.9. The molecule has 0 aromatic carbocycles. The van der Waals surface area contributed by atoms with Crippen LogP contribution in [0.4, 0.5) is 0 Å². The first kappa shape index (κ1) is 13.4. The van der Waals surface area contributed by atoms with Crippen LogP contribution >= 0.6 is 0 Å². The lowest BCUT2D eigenvalue weighted by molar-refractivity contribution is -0.132. The number of amides is 1. The molecule has 1 atom stereocenters. The lowest BCUT2D eigenvalue weighted by Crippen LogP contribution is -2.45. The van der Waals surface area contributed by atoms with Crippen molar-refractivity contribution in [1.82, 2.24) is 10.2 Å². The first-order chi connectivity index (χ1) is 7.77. The standard InChI is InChI=1S/C11H22N2O3/c1-3-13(5-7-15-2)11(14)8-10-9-16-6-4-12-10/h10,12H,3-9H2,1-2H3. The van der Waals surface area contributed by atoms with Crippen molar-refractivity contribution < 1.29 is 14.3 Å². The molecule has 1 fully saturated rings. The van der Waals surface area contributed by atoms with Crippen LogP contribution in [0.15, 0.2) is 0 Å². The molecule has 16 heavy (non-hydrogen) atoms. The highest BCUT2D eigenvalue weighted by Crippen LogP contribution is 2.02. The fraction of sp³-hybridized carbons (Fsp3) is 0.909. The third kappa shape index (κ3) is 4.47. The molecule has 5 nitrogen and oxygen atoms in total. The molecule has 1 unspecified atom stereocenters. The molecular weight excluding hydrogens is 208 g/mol. The summed E-state index contributed by atoms with van der Waals surface area (Å²) < 4.78 is 10.3. The number of hydrogen-bond donors (Lipinski definition) is 1. The summed E-state index contributed by atoms with van der Waals surface area (Å²) in [5.41, 5.74) is 0. The van der Waals surface area contributed by atoms with Gasteiger partial charge in [0.1, 0.15) is 0 Å². The van der Waals surface area contributed by atoms with Gasteiger partial charge in [-0.3, -0.25) is 4.79 Å². The molecule has 0 saturated carbocycles. The van der Waals surface area contributed by atoms with Gasteiger partial charge in [-0.1, -0.05) is 0 Å². The summed E-state index contributed by atoms with van der Waals surface area (Å²) in [6, 6.07) is 0.165. The highest BCUT2D eigenvalue weighted by Gasteiger charge is 2.19. The van der Waals surface area contributed by atoms with Gasteiger partial charge in [0, 0.05) is 39.2 Å². The number of carbonyl (C=O) groups is 1. The molecule has 1 aliphatic rings. The monoisotopic (exact) mass is 230 g/mol. The highest BCUT2D eigenvalue weighted by molar-refractivity contribution is 5.76. The van der Waals surface area contributed by atoms with Gasteiger partial charge < -0.3 is 19.7 Å². The summed E-state index contributed by atoms with van der Waals surface area (Å²) in [7, 11) is 1.65. The molecule has 1 N–H and O–H groups in total.